The predicted octanol–water partition coefficient (Wildman–Crippen LogP) is 5.39. The van der Waals surface area contributed by atoms with E-state index in [0.717, 1.165) is 17.7 Å². The van der Waals surface area contributed by atoms with Gasteiger partial charge in [-0.3, -0.25) is 14.8 Å². The molecule has 0 radical (unpaired) electrons. The summed E-state index contributed by atoms with van der Waals surface area (Å²) in [7, 11) is 0. The number of aromatic nitrogens is 2. The van der Waals surface area contributed by atoms with Crippen LogP contribution in [0.5, 0.6) is 0 Å². The number of carbonyl (C=O) groups excluding carboxylic acids is 1. The van der Waals surface area contributed by atoms with Crippen LogP contribution in [0.3, 0.4) is 0 Å². The van der Waals surface area contributed by atoms with Crippen LogP contribution in [0.15, 0.2) is 60.9 Å². The third-order valence-electron chi connectivity index (χ3n) is 4.06. The maximum atomic E-state index is 12.4. The van der Waals surface area contributed by atoms with Crippen molar-refractivity contribution in [2.45, 2.75) is 26.2 Å². The zero-order chi connectivity index (χ0) is 18.4. The van der Waals surface area contributed by atoms with Crippen LogP contribution in [0.1, 0.15) is 35.8 Å². The Bertz CT molecular complexity index is 877. The number of hydrogen-bond acceptors (Lipinski definition) is 3. The van der Waals surface area contributed by atoms with E-state index in [0.29, 0.717) is 16.4 Å². The van der Waals surface area contributed by atoms with Gasteiger partial charge in [0.15, 0.2) is 0 Å². The predicted molar refractivity (Wildman–Crippen MR) is 105 cm³/mol. The molecule has 0 atom stereocenters. The third kappa shape index (κ3) is 4.46. The van der Waals surface area contributed by atoms with Crippen LogP contribution in [-0.2, 0) is 6.42 Å². The summed E-state index contributed by atoms with van der Waals surface area (Å²) in [5.41, 5.74) is 3.80. The average Bonchev–Trinajstić information content (AvgIpc) is 2.68. The Morgan fingerprint density at radius 2 is 1.88 bits per heavy atom. The van der Waals surface area contributed by atoms with E-state index in [2.05, 4.69) is 22.2 Å². The number of aryl methyl sites for hydroxylation is 1. The molecule has 0 aliphatic carbocycles. The van der Waals surface area contributed by atoms with Gasteiger partial charge in [0, 0.05) is 23.6 Å². The fourth-order valence-electron chi connectivity index (χ4n) is 2.60. The number of nitrogens with zero attached hydrogens (tertiary/aromatic N) is 2. The lowest BCUT2D eigenvalue weighted by Crippen LogP contribution is -2.13. The van der Waals surface area contributed by atoms with E-state index in [1.165, 1.54) is 18.4 Å². The molecule has 0 saturated heterocycles. The number of unbranched alkanes of at least 4 members (excludes halogenated alkanes) is 1. The van der Waals surface area contributed by atoms with Gasteiger partial charge in [-0.1, -0.05) is 37.1 Å². The summed E-state index contributed by atoms with van der Waals surface area (Å²) >= 11 is 6.14. The van der Waals surface area contributed by atoms with E-state index in [1.54, 1.807) is 36.7 Å². The molecule has 0 unspecified atom stereocenters. The number of carbonyl (C=O) groups is 1. The summed E-state index contributed by atoms with van der Waals surface area (Å²) in [5.74, 6) is -0.245. The van der Waals surface area contributed by atoms with Gasteiger partial charge in [-0.25, -0.2) is 0 Å². The van der Waals surface area contributed by atoms with Gasteiger partial charge in [-0.2, -0.15) is 0 Å². The van der Waals surface area contributed by atoms with Gasteiger partial charge in [-0.15, -0.1) is 0 Å². The molecule has 2 aromatic heterocycles. The second-order valence-electron chi connectivity index (χ2n) is 6.02. The second kappa shape index (κ2) is 8.59. The van der Waals surface area contributed by atoms with E-state index in [1.807, 2.05) is 24.3 Å². The average molecular weight is 366 g/mol. The Balaban J connectivity index is 1.67. The SMILES string of the molecule is CCCCc1ccc(NC(=O)c2ccc(-c3ncccc3Cl)cn2)cc1. The molecular weight excluding hydrogens is 346 g/mol. The number of nitrogens with one attached hydrogen (secondary N) is 1. The molecule has 0 saturated carbocycles. The summed E-state index contributed by atoms with van der Waals surface area (Å²) < 4.78 is 0. The first kappa shape index (κ1) is 18.1. The number of rotatable bonds is 6. The summed E-state index contributed by atoms with van der Waals surface area (Å²) in [6, 6.07) is 14.9. The minimum Gasteiger partial charge on any atom is -0.321 e. The fourth-order valence-corrected chi connectivity index (χ4v) is 2.83. The van der Waals surface area contributed by atoms with Gasteiger partial charge in [-0.05, 0) is 54.8 Å². The molecule has 5 heteroatoms. The zero-order valence-corrected chi connectivity index (χ0v) is 15.3. The lowest BCUT2D eigenvalue weighted by Gasteiger charge is -2.07. The quantitative estimate of drug-likeness (QED) is 0.637. The van der Waals surface area contributed by atoms with E-state index < -0.39 is 0 Å². The highest BCUT2D eigenvalue weighted by atomic mass is 35.5. The molecule has 0 aliphatic heterocycles. The molecule has 0 bridgehead atoms. The topological polar surface area (TPSA) is 54.9 Å². The van der Waals surface area contributed by atoms with Crippen LogP contribution in [0.2, 0.25) is 5.02 Å². The van der Waals surface area contributed by atoms with Crippen molar-refractivity contribution in [1.29, 1.82) is 0 Å². The monoisotopic (exact) mass is 365 g/mol. The van der Waals surface area contributed by atoms with Gasteiger partial charge in [0.1, 0.15) is 5.69 Å². The highest BCUT2D eigenvalue weighted by molar-refractivity contribution is 6.33. The van der Waals surface area contributed by atoms with Gasteiger partial charge in [0.05, 0.1) is 10.7 Å². The van der Waals surface area contributed by atoms with E-state index >= 15 is 0 Å². The fraction of sp³-hybridized carbons (Fsp3) is 0.190. The molecular formula is C21H20ClN3O. The number of anilines is 1. The number of amides is 1. The maximum Gasteiger partial charge on any atom is 0.274 e. The maximum absolute atomic E-state index is 12.4. The standard InChI is InChI=1S/C21H20ClN3O/c1-2-3-5-15-7-10-17(11-8-15)25-21(26)19-12-9-16(14-24-19)20-18(22)6-4-13-23-20/h4,6-14H,2-3,5H2,1H3,(H,25,26). The van der Waals surface area contributed by atoms with Gasteiger partial charge >= 0.3 is 0 Å². The largest absolute Gasteiger partial charge is 0.321 e. The first-order valence-electron chi connectivity index (χ1n) is 8.64. The highest BCUT2D eigenvalue weighted by Crippen LogP contribution is 2.24. The van der Waals surface area contributed by atoms with Crippen molar-refractivity contribution in [3.05, 3.63) is 77.2 Å². The summed E-state index contributed by atoms with van der Waals surface area (Å²) in [6.07, 6.45) is 6.68. The molecule has 1 aromatic carbocycles. The molecule has 132 valence electrons. The molecule has 3 rings (SSSR count). The molecule has 1 N–H and O–H groups in total. The van der Waals surface area contributed by atoms with Crippen LogP contribution in [-0.4, -0.2) is 15.9 Å². The number of pyridine rings is 2. The molecule has 26 heavy (non-hydrogen) atoms. The zero-order valence-electron chi connectivity index (χ0n) is 14.6. The summed E-state index contributed by atoms with van der Waals surface area (Å²) in [5, 5.41) is 3.42. The van der Waals surface area contributed by atoms with Crippen LogP contribution in [0.4, 0.5) is 5.69 Å². The Labute approximate surface area is 158 Å². The van der Waals surface area contributed by atoms with Crippen LogP contribution in [0.25, 0.3) is 11.3 Å². The molecule has 0 fully saturated rings. The van der Waals surface area contributed by atoms with Crippen LogP contribution >= 0.6 is 11.6 Å². The Hall–Kier alpha value is -2.72. The minimum atomic E-state index is -0.245. The van der Waals surface area contributed by atoms with Crippen LogP contribution in [0, 0.1) is 0 Å². The third-order valence-corrected chi connectivity index (χ3v) is 4.36. The van der Waals surface area contributed by atoms with Gasteiger partial charge < -0.3 is 5.32 Å². The number of benzene rings is 1. The second-order valence-corrected chi connectivity index (χ2v) is 6.43. The Morgan fingerprint density at radius 3 is 2.54 bits per heavy atom. The number of halogens is 1. The van der Waals surface area contributed by atoms with Crippen LogP contribution < -0.4 is 5.32 Å². The smallest absolute Gasteiger partial charge is 0.274 e. The Kier molecular flexibility index (Phi) is 5.97. The molecule has 4 nitrogen and oxygen atoms in total. The van der Waals surface area contributed by atoms with E-state index in [4.69, 9.17) is 11.6 Å². The van der Waals surface area contributed by atoms with Crippen molar-refractivity contribution < 1.29 is 4.79 Å². The first-order valence-corrected chi connectivity index (χ1v) is 9.02. The lowest BCUT2D eigenvalue weighted by molar-refractivity contribution is 0.102. The first-order chi connectivity index (χ1) is 12.7. The molecule has 2 heterocycles. The van der Waals surface area contributed by atoms with Gasteiger partial charge in [0.2, 0.25) is 0 Å². The van der Waals surface area contributed by atoms with Crippen molar-refractivity contribution in [1.82, 2.24) is 9.97 Å². The minimum absolute atomic E-state index is 0.245. The lowest BCUT2D eigenvalue weighted by atomic mass is 10.1. The normalized spacial score (nSPS) is 10.5. The van der Waals surface area contributed by atoms with Crippen molar-refractivity contribution in [2.75, 3.05) is 5.32 Å². The van der Waals surface area contributed by atoms with Crippen molar-refractivity contribution in [3.8, 4) is 11.3 Å². The van der Waals surface area contributed by atoms with Gasteiger partial charge in [0.25, 0.3) is 5.91 Å². The highest BCUT2D eigenvalue weighted by Gasteiger charge is 2.10. The van der Waals surface area contributed by atoms with E-state index in [9.17, 15) is 4.79 Å². The summed E-state index contributed by atoms with van der Waals surface area (Å²) in [6.45, 7) is 2.18. The Morgan fingerprint density at radius 1 is 1.08 bits per heavy atom. The van der Waals surface area contributed by atoms with E-state index in [-0.39, 0.29) is 5.91 Å². The van der Waals surface area contributed by atoms with Crippen molar-refractivity contribution in [3.63, 3.8) is 0 Å². The molecule has 3 aromatic rings. The summed E-state index contributed by atoms with van der Waals surface area (Å²) in [4.78, 5) is 20.9. The molecule has 1 amide bonds. The molecule has 0 aliphatic rings. The molecule has 0 spiro atoms. The number of hydrogen-bond donors (Lipinski definition) is 1. The van der Waals surface area contributed by atoms with Crippen molar-refractivity contribution in [2.24, 2.45) is 0 Å². The van der Waals surface area contributed by atoms with Crippen molar-refractivity contribution >= 4 is 23.2 Å².